The molecule has 0 amide bonds. The molecule has 2 atom stereocenters. The third-order valence-corrected chi connectivity index (χ3v) is 4.01. The van der Waals surface area contributed by atoms with Crippen molar-refractivity contribution in [3.63, 3.8) is 0 Å². The van der Waals surface area contributed by atoms with Crippen molar-refractivity contribution in [2.45, 2.75) is 20.0 Å². The van der Waals surface area contributed by atoms with E-state index in [1.807, 2.05) is 0 Å². The summed E-state index contributed by atoms with van der Waals surface area (Å²) in [4.78, 5) is 4.85. The molecule has 14 heavy (non-hydrogen) atoms. The lowest BCUT2D eigenvalue weighted by Gasteiger charge is -1.98. The van der Waals surface area contributed by atoms with Gasteiger partial charge in [0.15, 0.2) is 5.13 Å². The first kappa shape index (κ1) is 10.2. The fourth-order valence-corrected chi connectivity index (χ4v) is 2.44. The van der Waals surface area contributed by atoms with Crippen molar-refractivity contribution in [1.29, 1.82) is 0 Å². The van der Waals surface area contributed by atoms with Crippen molar-refractivity contribution >= 4 is 28.1 Å². The van der Waals surface area contributed by atoms with Gasteiger partial charge in [-0.15, -0.1) is 0 Å². The number of anilines is 1. The minimum absolute atomic E-state index is 0.0298. The molecule has 2 rings (SSSR count). The number of nitrogens with one attached hydrogen (secondary N) is 1. The van der Waals surface area contributed by atoms with Gasteiger partial charge in [0.25, 0.3) is 0 Å². The van der Waals surface area contributed by atoms with E-state index in [0.717, 1.165) is 28.4 Å². The summed E-state index contributed by atoms with van der Waals surface area (Å²) in [6.45, 7) is 3.19. The monoisotopic (exact) mass is 232 g/mol. The predicted octanol–water partition coefficient (Wildman–Crippen LogP) is 2.36. The van der Waals surface area contributed by atoms with Crippen LogP contribution in [0.3, 0.4) is 0 Å². The van der Waals surface area contributed by atoms with Crippen LogP contribution < -0.4 is 5.32 Å². The van der Waals surface area contributed by atoms with Crippen molar-refractivity contribution in [2.24, 2.45) is 11.8 Å². The highest BCUT2D eigenvalue weighted by Gasteiger charge is 2.32. The van der Waals surface area contributed by atoms with Gasteiger partial charge in [0.1, 0.15) is 5.15 Å². The smallest absolute Gasteiger partial charge is 0.184 e. The van der Waals surface area contributed by atoms with E-state index in [2.05, 4.69) is 17.2 Å². The second-order valence-electron chi connectivity index (χ2n) is 3.75. The Morgan fingerprint density at radius 2 is 2.43 bits per heavy atom. The van der Waals surface area contributed by atoms with Crippen LogP contribution in [-0.2, 0) is 6.61 Å². The summed E-state index contributed by atoms with van der Waals surface area (Å²) in [5, 5.41) is 13.4. The first-order valence-corrected chi connectivity index (χ1v) is 5.90. The van der Waals surface area contributed by atoms with Gasteiger partial charge in [-0.1, -0.05) is 29.9 Å². The van der Waals surface area contributed by atoms with Crippen LogP contribution >= 0.6 is 22.9 Å². The molecule has 0 aliphatic heterocycles. The fraction of sp³-hybridized carbons (Fsp3) is 0.667. The molecular formula is C9H13ClN2OS. The van der Waals surface area contributed by atoms with Gasteiger partial charge in [-0.3, -0.25) is 0 Å². The molecular weight excluding hydrogens is 220 g/mol. The van der Waals surface area contributed by atoms with E-state index in [1.54, 1.807) is 0 Å². The van der Waals surface area contributed by atoms with Gasteiger partial charge in [-0.05, 0) is 18.3 Å². The molecule has 0 bridgehead atoms. The summed E-state index contributed by atoms with van der Waals surface area (Å²) in [5.74, 6) is 1.63. The van der Waals surface area contributed by atoms with Crippen LogP contribution in [0.5, 0.6) is 0 Å². The number of aliphatic hydroxyl groups excluding tert-OH is 1. The molecule has 1 aromatic rings. The summed E-state index contributed by atoms with van der Waals surface area (Å²) < 4.78 is 0. The van der Waals surface area contributed by atoms with Crippen molar-refractivity contribution in [2.75, 3.05) is 11.9 Å². The van der Waals surface area contributed by atoms with E-state index in [9.17, 15) is 0 Å². The van der Waals surface area contributed by atoms with Crippen molar-refractivity contribution in [3.05, 3.63) is 10.0 Å². The van der Waals surface area contributed by atoms with Gasteiger partial charge in [0.2, 0.25) is 0 Å². The van der Waals surface area contributed by atoms with Crippen LogP contribution in [0.2, 0.25) is 5.15 Å². The number of nitrogens with zero attached hydrogens (tertiary/aromatic N) is 1. The Labute approximate surface area is 92.1 Å². The minimum atomic E-state index is -0.0298. The molecule has 2 unspecified atom stereocenters. The molecule has 78 valence electrons. The molecule has 0 saturated heterocycles. The zero-order chi connectivity index (χ0) is 10.1. The van der Waals surface area contributed by atoms with Gasteiger partial charge in [-0.25, -0.2) is 4.98 Å². The highest BCUT2D eigenvalue weighted by atomic mass is 35.5. The third kappa shape index (κ3) is 2.19. The number of aromatic nitrogens is 1. The van der Waals surface area contributed by atoms with Gasteiger partial charge >= 0.3 is 0 Å². The second kappa shape index (κ2) is 4.04. The standard InChI is InChI=1S/C9H13ClN2OS/c1-5-2-6(5)3-11-9-12-8(10)7(4-13)14-9/h5-6,13H,2-4H2,1H3,(H,11,12). The quantitative estimate of drug-likeness (QED) is 0.838. The van der Waals surface area contributed by atoms with Crippen LogP contribution in [0, 0.1) is 11.8 Å². The molecule has 3 nitrogen and oxygen atoms in total. The maximum absolute atomic E-state index is 8.92. The van der Waals surface area contributed by atoms with E-state index in [0.29, 0.717) is 5.15 Å². The third-order valence-electron chi connectivity index (χ3n) is 2.58. The zero-order valence-corrected chi connectivity index (χ0v) is 9.53. The van der Waals surface area contributed by atoms with Gasteiger partial charge in [0, 0.05) is 6.54 Å². The highest BCUT2D eigenvalue weighted by molar-refractivity contribution is 7.16. The average molecular weight is 233 g/mol. The van der Waals surface area contributed by atoms with Crippen LogP contribution in [0.1, 0.15) is 18.2 Å². The summed E-state index contributed by atoms with van der Waals surface area (Å²) in [7, 11) is 0. The van der Waals surface area contributed by atoms with Crippen molar-refractivity contribution in [1.82, 2.24) is 4.98 Å². The van der Waals surface area contributed by atoms with Crippen molar-refractivity contribution in [3.8, 4) is 0 Å². The number of rotatable bonds is 4. The molecule has 2 N–H and O–H groups in total. The Morgan fingerprint density at radius 3 is 2.93 bits per heavy atom. The van der Waals surface area contributed by atoms with E-state index < -0.39 is 0 Å². The number of aliphatic hydroxyl groups is 1. The molecule has 1 aromatic heterocycles. The number of halogens is 1. The fourth-order valence-electron chi connectivity index (χ4n) is 1.41. The van der Waals surface area contributed by atoms with E-state index in [1.165, 1.54) is 17.8 Å². The van der Waals surface area contributed by atoms with Crippen LogP contribution in [0.15, 0.2) is 0 Å². The molecule has 1 aliphatic rings. The number of thiazole rings is 1. The molecule has 1 saturated carbocycles. The summed E-state index contributed by atoms with van der Waals surface area (Å²) in [6.07, 6.45) is 1.30. The highest BCUT2D eigenvalue weighted by Crippen LogP contribution is 2.38. The second-order valence-corrected chi connectivity index (χ2v) is 5.19. The largest absolute Gasteiger partial charge is 0.391 e. The summed E-state index contributed by atoms with van der Waals surface area (Å²) >= 11 is 7.23. The average Bonchev–Trinajstić information content (AvgIpc) is 2.73. The molecule has 1 fully saturated rings. The predicted molar refractivity (Wildman–Crippen MR) is 58.8 cm³/mol. The lowest BCUT2D eigenvalue weighted by atomic mass is 10.3. The minimum Gasteiger partial charge on any atom is -0.391 e. The normalized spacial score (nSPS) is 25.1. The van der Waals surface area contributed by atoms with Gasteiger partial charge in [0.05, 0.1) is 11.5 Å². The van der Waals surface area contributed by atoms with E-state index in [4.69, 9.17) is 16.7 Å². The lowest BCUT2D eigenvalue weighted by Crippen LogP contribution is -2.03. The van der Waals surface area contributed by atoms with E-state index >= 15 is 0 Å². The first-order chi connectivity index (χ1) is 6.70. The number of hydrogen-bond acceptors (Lipinski definition) is 4. The topological polar surface area (TPSA) is 45.2 Å². The lowest BCUT2D eigenvalue weighted by molar-refractivity contribution is 0.285. The zero-order valence-electron chi connectivity index (χ0n) is 7.96. The van der Waals surface area contributed by atoms with Gasteiger partial charge in [-0.2, -0.15) is 0 Å². The van der Waals surface area contributed by atoms with E-state index in [-0.39, 0.29) is 6.61 Å². The Bertz CT molecular complexity index is 329. The van der Waals surface area contributed by atoms with Crippen LogP contribution in [-0.4, -0.2) is 16.6 Å². The Balaban J connectivity index is 1.89. The molecule has 0 radical (unpaired) electrons. The Morgan fingerprint density at radius 1 is 1.71 bits per heavy atom. The first-order valence-electron chi connectivity index (χ1n) is 4.70. The van der Waals surface area contributed by atoms with Crippen LogP contribution in [0.4, 0.5) is 5.13 Å². The summed E-state index contributed by atoms with van der Waals surface area (Å²) in [6, 6.07) is 0. The molecule has 0 aromatic carbocycles. The Hall–Kier alpha value is -0.320. The van der Waals surface area contributed by atoms with Gasteiger partial charge < -0.3 is 10.4 Å². The maximum Gasteiger partial charge on any atom is 0.184 e. The molecule has 1 heterocycles. The number of hydrogen-bond donors (Lipinski definition) is 2. The maximum atomic E-state index is 8.92. The Kier molecular flexibility index (Phi) is 2.95. The molecule has 5 heteroatoms. The SMILES string of the molecule is CC1CC1CNc1nc(Cl)c(CO)s1. The van der Waals surface area contributed by atoms with Crippen molar-refractivity contribution < 1.29 is 5.11 Å². The summed E-state index contributed by atoms with van der Waals surface area (Å²) in [5.41, 5.74) is 0. The molecule has 1 aliphatic carbocycles. The van der Waals surface area contributed by atoms with Crippen LogP contribution in [0.25, 0.3) is 0 Å². The molecule has 0 spiro atoms.